The van der Waals surface area contributed by atoms with Crippen LogP contribution in [0.5, 0.6) is 0 Å². The summed E-state index contributed by atoms with van der Waals surface area (Å²) in [6.45, 7) is 7.44. The van der Waals surface area contributed by atoms with Gasteiger partial charge in [0.2, 0.25) is 0 Å². The Labute approximate surface area is 94.2 Å². The minimum Gasteiger partial charge on any atom is -0.463 e. The van der Waals surface area contributed by atoms with Gasteiger partial charge in [-0.15, -0.1) is 0 Å². The number of ether oxygens (including phenoxy) is 1. The smallest absolute Gasteiger partial charge is 0.392 e. The first-order chi connectivity index (χ1) is 7.07. The maximum atomic E-state index is 12.5. The van der Waals surface area contributed by atoms with E-state index in [4.69, 9.17) is 4.74 Å². The molecule has 0 heterocycles. The molecule has 0 spiro atoms. The minimum absolute atomic E-state index is 0.394. The quantitative estimate of drug-likeness (QED) is 0.704. The molecule has 0 radical (unpaired) electrons. The molecular formula is C11H19F3O2. The fourth-order valence-electron chi connectivity index (χ4n) is 1.57. The van der Waals surface area contributed by atoms with Crippen molar-refractivity contribution in [1.29, 1.82) is 0 Å². The van der Waals surface area contributed by atoms with Crippen LogP contribution in [0.3, 0.4) is 0 Å². The summed E-state index contributed by atoms with van der Waals surface area (Å²) < 4.78 is 42.5. The first-order valence-corrected chi connectivity index (χ1v) is 5.34. The van der Waals surface area contributed by atoms with Gasteiger partial charge in [0.05, 0.1) is 17.9 Å². The molecular weight excluding hydrogens is 221 g/mol. The Morgan fingerprint density at radius 2 is 1.50 bits per heavy atom. The van der Waals surface area contributed by atoms with Gasteiger partial charge in [-0.05, 0) is 19.8 Å². The number of rotatable bonds is 4. The fraction of sp³-hybridized carbons (Fsp3) is 0.909. The van der Waals surface area contributed by atoms with Crippen molar-refractivity contribution in [1.82, 2.24) is 0 Å². The van der Waals surface area contributed by atoms with Crippen molar-refractivity contribution in [2.75, 3.05) is 0 Å². The van der Waals surface area contributed by atoms with Gasteiger partial charge in [0.1, 0.15) is 0 Å². The molecule has 5 heteroatoms. The van der Waals surface area contributed by atoms with E-state index in [1.807, 2.05) is 0 Å². The van der Waals surface area contributed by atoms with Crippen LogP contribution >= 0.6 is 0 Å². The van der Waals surface area contributed by atoms with Crippen molar-refractivity contribution in [3.63, 3.8) is 0 Å². The number of carbonyl (C=O) groups is 1. The molecule has 0 saturated heterocycles. The molecule has 16 heavy (non-hydrogen) atoms. The van der Waals surface area contributed by atoms with Gasteiger partial charge in [-0.25, -0.2) is 0 Å². The van der Waals surface area contributed by atoms with Gasteiger partial charge >= 0.3 is 12.1 Å². The minimum atomic E-state index is -4.37. The van der Waals surface area contributed by atoms with E-state index in [9.17, 15) is 18.0 Å². The SMILES string of the molecule is CC(C)OC(=O)C(C(C)C)C(C)C(F)(F)F. The van der Waals surface area contributed by atoms with E-state index in [0.29, 0.717) is 0 Å². The Hall–Kier alpha value is -0.740. The number of carbonyl (C=O) groups excluding carboxylic acids is 1. The van der Waals surface area contributed by atoms with Gasteiger partial charge in [0.15, 0.2) is 0 Å². The lowest BCUT2D eigenvalue weighted by atomic mass is 9.84. The first-order valence-electron chi connectivity index (χ1n) is 5.34. The zero-order valence-corrected chi connectivity index (χ0v) is 10.3. The highest BCUT2D eigenvalue weighted by atomic mass is 19.4. The molecule has 0 amide bonds. The molecule has 0 aromatic heterocycles. The first kappa shape index (κ1) is 15.3. The number of hydrogen-bond acceptors (Lipinski definition) is 2. The Bertz CT molecular complexity index is 234. The molecule has 0 aliphatic heterocycles. The van der Waals surface area contributed by atoms with Crippen molar-refractivity contribution >= 4 is 5.97 Å². The molecule has 0 rings (SSSR count). The molecule has 2 nitrogen and oxygen atoms in total. The van der Waals surface area contributed by atoms with E-state index in [1.54, 1.807) is 27.7 Å². The van der Waals surface area contributed by atoms with Crippen LogP contribution in [0.15, 0.2) is 0 Å². The third kappa shape index (κ3) is 4.41. The molecule has 0 aromatic rings. The average molecular weight is 240 g/mol. The largest absolute Gasteiger partial charge is 0.463 e. The molecule has 2 unspecified atom stereocenters. The number of esters is 1. The van der Waals surface area contributed by atoms with Crippen LogP contribution in [0, 0.1) is 17.8 Å². The second-order valence-corrected chi connectivity index (χ2v) is 4.59. The van der Waals surface area contributed by atoms with Gasteiger partial charge in [-0.2, -0.15) is 13.2 Å². The fourth-order valence-corrected chi connectivity index (χ4v) is 1.57. The van der Waals surface area contributed by atoms with Crippen molar-refractivity contribution < 1.29 is 22.7 Å². The van der Waals surface area contributed by atoms with Gasteiger partial charge in [0.25, 0.3) is 0 Å². The Balaban J connectivity index is 4.81. The van der Waals surface area contributed by atoms with Gasteiger partial charge in [-0.3, -0.25) is 4.79 Å². The summed E-state index contributed by atoms with van der Waals surface area (Å²) in [6, 6.07) is 0. The van der Waals surface area contributed by atoms with Crippen LogP contribution in [0.4, 0.5) is 13.2 Å². The Morgan fingerprint density at radius 3 is 1.75 bits per heavy atom. The third-order valence-electron chi connectivity index (χ3n) is 2.40. The molecule has 96 valence electrons. The van der Waals surface area contributed by atoms with Gasteiger partial charge in [0, 0.05) is 0 Å². The molecule has 2 atom stereocenters. The molecule has 0 aromatic carbocycles. The molecule has 0 saturated carbocycles. The zero-order valence-electron chi connectivity index (χ0n) is 10.3. The van der Waals surface area contributed by atoms with Crippen LogP contribution in [-0.4, -0.2) is 18.2 Å². The summed E-state index contributed by atoms with van der Waals surface area (Å²) >= 11 is 0. The molecule has 0 aliphatic rings. The highest BCUT2D eigenvalue weighted by molar-refractivity contribution is 5.73. The predicted molar refractivity (Wildman–Crippen MR) is 54.8 cm³/mol. The lowest BCUT2D eigenvalue weighted by molar-refractivity contribution is -0.199. The summed E-state index contributed by atoms with van der Waals surface area (Å²) in [7, 11) is 0. The number of halogens is 3. The van der Waals surface area contributed by atoms with E-state index in [-0.39, 0.29) is 0 Å². The van der Waals surface area contributed by atoms with Crippen molar-refractivity contribution in [2.24, 2.45) is 17.8 Å². The molecule has 0 bridgehead atoms. The highest BCUT2D eigenvalue weighted by Gasteiger charge is 2.46. The van der Waals surface area contributed by atoms with Crippen LogP contribution in [0.25, 0.3) is 0 Å². The van der Waals surface area contributed by atoms with E-state index in [1.165, 1.54) is 0 Å². The van der Waals surface area contributed by atoms with E-state index < -0.39 is 36.0 Å². The normalized spacial score (nSPS) is 16.4. The summed E-state index contributed by atoms with van der Waals surface area (Å²) in [4.78, 5) is 11.6. The van der Waals surface area contributed by atoms with Crippen molar-refractivity contribution in [2.45, 2.75) is 46.9 Å². The molecule has 0 aliphatic carbocycles. The maximum absolute atomic E-state index is 12.5. The van der Waals surface area contributed by atoms with Crippen molar-refractivity contribution in [3.8, 4) is 0 Å². The second-order valence-electron chi connectivity index (χ2n) is 4.59. The Morgan fingerprint density at radius 1 is 1.06 bits per heavy atom. The van der Waals surface area contributed by atoms with E-state index in [2.05, 4.69) is 0 Å². The van der Waals surface area contributed by atoms with Crippen LogP contribution in [0.2, 0.25) is 0 Å². The summed E-state index contributed by atoms with van der Waals surface area (Å²) in [6.07, 6.45) is -4.76. The summed E-state index contributed by atoms with van der Waals surface area (Å²) in [5.41, 5.74) is 0. The van der Waals surface area contributed by atoms with E-state index >= 15 is 0 Å². The average Bonchev–Trinajstić information content (AvgIpc) is 1.99. The monoisotopic (exact) mass is 240 g/mol. The lowest BCUT2D eigenvalue weighted by Crippen LogP contribution is -2.37. The molecule has 0 fully saturated rings. The van der Waals surface area contributed by atoms with Crippen LogP contribution < -0.4 is 0 Å². The van der Waals surface area contributed by atoms with Crippen LogP contribution in [0.1, 0.15) is 34.6 Å². The third-order valence-corrected chi connectivity index (χ3v) is 2.40. The Kier molecular flexibility index (Phi) is 5.29. The topological polar surface area (TPSA) is 26.3 Å². The predicted octanol–water partition coefficient (Wildman–Crippen LogP) is 3.41. The zero-order chi connectivity index (χ0) is 13.1. The van der Waals surface area contributed by atoms with Gasteiger partial charge < -0.3 is 4.74 Å². The maximum Gasteiger partial charge on any atom is 0.392 e. The van der Waals surface area contributed by atoms with Gasteiger partial charge in [-0.1, -0.05) is 20.8 Å². The summed E-state index contributed by atoms with van der Waals surface area (Å²) in [5, 5.41) is 0. The second kappa shape index (κ2) is 5.55. The van der Waals surface area contributed by atoms with Crippen molar-refractivity contribution in [3.05, 3.63) is 0 Å². The number of hydrogen-bond donors (Lipinski definition) is 0. The standard InChI is InChI=1S/C11H19F3O2/c1-6(2)9(8(5)11(12,13)14)10(15)16-7(3)4/h6-9H,1-5H3. The van der Waals surface area contributed by atoms with E-state index in [0.717, 1.165) is 6.92 Å². The van der Waals surface area contributed by atoms with Crippen LogP contribution in [-0.2, 0) is 9.53 Å². The highest BCUT2D eigenvalue weighted by Crippen LogP contribution is 2.36. The summed E-state index contributed by atoms with van der Waals surface area (Å²) in [5.74, 6) is -3.99. The molecule has 0 N–H and O–H groups in total. The number of alkyl halides is 3. The lowest BCUT2D eigenvalue weighted by Gasteiger charge is -2.28.